The minimum absolute atomic E-state index is 0.136. The monoisotopic (exact) mass is 346 g/mol. The van der Waals surface area contributed by atoms with Gasteiger partial charge in [0.15, 0.2) is 0 Å². The van der Waals surface area contributed by atoms with Gasteiger partial charge in [-0.15, -0.1) is 0 Å². The van der Waals surface area contributed by atoms with Crippen molar-refractivity contribution in [2.24, 2.45) is 11.7 Å². The van der Waals surface area contributed by atoms with E-state index in [4.69, 9.17) is 5.73 Å². The van der Waals surface area contributed by atoms with Crippen molar-refractivity contribution in [3.63, 3.8) is 0 Å². The first kappa shape index (κ1) is 16.9. The summed E-state index contributed by atoms with van der Waals surface area (Å²) in [6.07, 6.45) is 4.63. The third-order valence-corrected chi connectivity index (χ3v) is 6.31. The van der Waals surface area contributed by atoms with Gasteiger partial charge in [0.05, 0.1) is 5.54 Å². The molecule has 2 saturated heterocycles. The quantitative estimate of drug-likeness (QED) is 0.776. The molecule has 136 valence electrons. The first-order valence-electron chi connectivity index (χ1n) is 9.39. The third kappa shape index (κ3) is 3.18. The van der Waals surface area contributed by atoms with Gasteiger partial charge in [0.25, 0.3) is 0 Å². The van der Waals surface area contributed by atoms with Crippen LogP contribution in [0.15, 0.2) is 24.3 Å². The highest BCUT2D eigenvalue weighted by atomic mass is 19.1. The number of likely N-dealkylation sites (tertiary alicyclic amines) is 1. The van der Waals surface area contributed by atoms with Crippen molar-refractivity contribution in [2.45, 2.75) is 49.6 Å². The van der Waals surface area contributed by atoms with Crippen LogP contribution >= 0.6 is 0 Å². The van der Waals surface area contributed by atoms with Crippen LogP contribution in [0.2, 0.25) is 0 Å². The second kappa shape index (κ2) is 6.67. The standard InChI is InChI=1S/C19H27FN4O/c20-15-4-1-3-14(11-15)16-12-22-23-17(16)13-5-9-24(10-6-13)18(25)19(21)7-2-8-19/h1,3-4,11,13,16-17,22-23H,2,5-10,12,21H2. The van der Waals surface area contributed by atoms with E-state index in [0.717, 1.165) is 57.3 Å². The summed E-state index contributed by atoms with van der Waals surface area (Å²) in [7, 11) is 0. The van der Waals surface area contributed by atoms with E-state index < -0.39 is 5.54 Å². The molecule has 1 saturated carbocycles. The van der Waals surface area contributed by atoms with Crippen LogP contribution in [0, 0.1) is 11.7 Å². The highest BCUT2D eigenvalue weighted by molar-refractivity contribution is 5.87. The molecule has 5 nitrogen and oxygen atoms in total. The van der Waals surface area contributed by atoms with Gasteiger partial charge in [-0.1, -0.05) is 12.1 Å². The van der Waals surface area contributed by atoms with E-state index in [2.05, 4.69) is 10.9 Å². The maximum atomic E-state index is 13.6. The van der Waals surface area contributed by atoms with E-state index in [0.29, 0.717) is 5.92 Å². The summed E-state index contributed by atoms with van der Waals surface area (Å²) in [5.74, 6) is 0.687. The molecule has 6 heteroatoms. The Morgan fingerprint density at radius 2 is 2.04 bits per heavy atom. The number of halogens is 1. The molecule has 2 atom stereocenters. The lowest BCUT2D eigenvalue weighted by Gasteiger charge is -2.43. The topological polar surface area (TPSA) is 70.4 Å². The van der Waals surface area contributed by atoms with Gasteiger partial charge in [-0.25, -0.2) is 4.39 Å². The lowest BCUT2D eigenvalue weighted by molar-refractivity contribution is -0.141. The average molecular weight is 346 g/mol. The number of carbonyl (C=O) groups is 1. The molecule has 3 fully saturated rings. The highest BCUT2D eigenvalue weighted by Gasteiger charge is 2.44. The number of hydrazine groups is 1. The Bertz CT molecular complexity index is 640. The molecule has 25 heavy (non-hydrogen) atoms. The largest absolute Gasteiger partial charge is 0.341 e. The van der Waals surface area contributed by atoms with Gasteiger partial charge in [0.1, 0.15) is 5.82 Å². The van der Waals surface area contributed by atoms with Crippen molar-refractivity contribution in [2.75, 3.05) is 19.6 Å². The Hall–Kier alpha value is -1.50. The predicted octanol–water partition coefficient (Wildman–Crippen LogP) is 1.51. The van der Waals surface area contributed by atoms with Gasteiger partial charge in [-0.3, -0.25) is 15.6 Å². The van der Waals surface area contributed by atoms with Crippen molar-refractivity contribution in [1.29, 1.82) is 0 Å². The Labute approximate surface area is 148 Å². The molecular formula is C19H27FN4O. The highest BCUT2D eigenvalue weighted by Crippen LogP contribution is 2.35. The van der Waals surface area contributed by atoms with Crippen LogP contribution in [0.3, 0.4) is 0 Å². The molecule has 2 aliphatic heterocycles. The van der Waals surface area contributed by atoms with E-state index in [1.165, 1.54) is 6.07 Å². The second-order valence-electron chi connectivity index (χ2n) is 7.85. The van der Waals surface area contributed by atoms with E-state index in [1.54, 1.807) is 12.1 Å². The summed E-state index contributed by atoms with van der Waals surface area (Å²) in [5.41, 5.74) is 13.3. The molecule has 2 heterocycles. The van der Waals surface area contributed by atoms with Gasteiger partial charge in [-0.05, 0) is 55.7 Å². The predicted molar refractivity (Wildman–Crippen MR) is 94.1 cm³/mol. The summed E-state index contributed by atoms with van der Waals surface area (Å²) in [4.78, 5) is 14.5. The number of amides is 1. The zero-order chi connectivity index (χ0) is 17.4. The molecule has 0 spiro atoms. The Morgan fingerprint density at radius 1 is 1.28 bits per heavy atom. The molecule has 1 amide bonds. The number of benzene rings is 1. The van der Waals surface area contributed by atoms with Crippen molar-refractivity contribution >= 4 is 5.91 Å². The summed E-state index contributed by atoms with van der Waals surface area (Å²) in [5, 5.41) is 0. The third-order valence-electron chi connectivity index (χ3n) is 6.31. The number of carbonyl (C=O) groups excluding carboxylic acids is 1. The van der Waals surface area contributed by atoms with Crippen molar-refractivity contribution in [3.8, 4) is 0 Å². The SMILES string of the molecule is NC1(C(=O)N2CCC(C3NNCC3c3cccc(F)c3)CC2)CCC1. The minimum atomic E-state index is -0.593. The second-order valence-corrected chi connectivity index (χ2v) is 7.85. The normalized spacial score (nSPS) is 29.4. The first-order chi connectivity index (χ1) is 12.1. The lowest BCUT2D eigenvalue weighted by atomic mass is 9.75. The summed E-state index contributed by atoms with van der Waals surface area (Å²) in [6, 6.07) is 7.18. The fourth-order valence-corrected chi connectivity index (χ4v) is 4.57. The maximum Gasteiger partial charge on any atom is 0.242 e. The summed E-state index contributed by atoms with van der Waals surface area (Å²) in [6.45, 7) is 2.35. The van der Waals surface area contributed by atoms with Crippen LogP contribution < -0.4 is 16.6 Å². The smallest absolute Gasteiger partial charge is 0.242 e. The average Bonchev–Trinajstić information content (AvgIpc) is 3.09. The minimum Gasteiger partial charge on any atom is -0.341 e. The van der Waals surface area contributed by atoms with Crippen molar-refractivity contribution in [3.05, 3.63) is 35.6 Å². The van der Waals surface area contributed by atoms with E-state index in [-0.39, 0.29) is 23.7 Å². The zero-order valence-electron chi connectivity index (χ0n) is 14.5. The van der Waals surface area contributed by atoms with Gasteiger partial charge >= 0.3 is 0 Å². The first-order valence-corrected chi connectivity index (χ1v) is 9.39. The van der Waals surface area contributed by atoms with Crippen LogP contribution in [-0.2, 0) is 4.79 Å². The molecule has 4 rings (SSSR count). The number of rotatable bonds is 3. The fourth-order valence-electron chi connectivity index (χ4n) is 4.57. The van der Waals surface area contributed by atoms with Crippen LogP contribution in [0.25, 0.3) is 0 Å². The van der Waals surface area contributed by atoms with E-state index >= 15 is 0 Å². The molecule has 0 aromatic heterocycles. The van der Waals surface area contributed by atoms with Gasteiger partial charge < -0.3 is 10.6 Å². The van der Waals surface area contributed by atoms with Crippen molar-refractivity contribution < 1.29 is 9.18 Å². The van der Waals surface area contributed by atoms with E-state index in [9.17, 15) is 9.18 Å². The molecule has 2 unspecified atom stereocenters. The number of nitrogens with two attached hydrogens (primary N) is 1. The Kier molecular flexibility index (Phi) is 4.52. The molecule has 1 aliphatic carbocycles. The number of piperidine rings is 1. The molecule has 1 aromatic rings. The lowest BCUT2D eigenvalue weighted by Crippen LogP contribution is -2.61. The molecule has 0 radical (unpaired) electrons. The fraction of sp³-hybridized carbons (Fsp3) is 0.632. The molecular weight excluding hydrogens is 319 g/mol. The van der Waals surface area contributed by atoms with Crippen LogP contribution in [-0.4, -0.2) is 42.0 Å². The molecule has 0 bridgehead atoms. The Morgan fingerprint density at radius 3 is 2.68 bits per heavy atom. The molecule has 1 aromatic carbocycles. The number of nitrogens with zero attached hydrogens (tertiary/aromatic N) is 1. The Balaban J connectivity index is 1.39. The molecule has 3 aliphatic rings. The maximum absolute atomic E-state index is 13.6. The summed E-state index contributed by atoms with van der Waals surface area (Å²) >= 11 is 0. The summed E-state index contributed by atoms with van der Waals surface area (Å²) < 4.78 is 13.6. The number of hydrogen-bond donors (Lipinski definition) is 3. The van der Waals surface area contributed by atoms with Crippen LogP contribution in [0.1, 0.15) is 43.6 Å². The number of hydrogen-bond acceptors (Lipinski definition) is 4. The van der Waals surface area contributed by atoms with Crippen molar-refractivity contribution in [1.82, 2.24) is 15.8 Å². The van der Waals surface area contributed by atoms with Gasteiger partial charge in [-0.2, -0.15) is 0 Å². The van der Waals surface area contributed by atoms with E-state index in [1.807, 2.05) is 11.0 Å². The zero-order valence-corrected chi connectivity index (χ0v) is 14.5. The van der Waals surface area contributed by atoms with Crippen LogP contribution in [0.5, 0.6) is 0 Å². The van der Waals surface area contributed by atoms with Gasteiger partial charge in [0.2, 0.25) is 5.91 Å². The number of nitrogens with one attached hydrogen (secondary N) is 2. The van der Waals surface area contributed by atoms with Crippen LogP contribution in [0.4, 0.5) is 4.39 Å². The van der Waals surface area contributed by atoms with Gasteiger partial charge in [0, 0.05) is 31.6 Å². The molecule has 4 N–H and O–H groups in total.